The lowest BCUT2D eigenvalue weighted by molar-refractivity contribution is -0.702. The maximum Gasteiger partial charge on any atom is 0.163 e. The third-order valence-electron chi connectivity index (χ3n) is 5.44. The molecule has 146 valence electrons. The average Bonchev–Trinajstić information content (AvgIpc) is 3.09. The second-order valence-corrected chi connectivity index (χ2v) is 7.37. The minimum atomic E-state index is 0.258. The van der Waals surface area contributed by atoms with E-state index in [0.29, 0.717) is 13.2 Å². The van der Waals surface area contributed by atoms with Crippen LogP contribution in [-0.4, -0.2) is 17.8 Å². The largest absolute Gasteiger partial charge is 0.490 e. The molecule has 2 heterocycles. The normalized spacial score (nSPS) is 15.5. The summed E-state index contributed by atoms with van der Waals surface area (Å²) in [7, 11) is 0. The van der Waals surface area contributed by atoms with E-state index in [0.717, 1.165) is 18.0 Å². The van der Waals surface area contributed by atoms with Gasteiger partial charge in [-0.3, -0.25) is 0 Å². The Morgan fingerprint density at radius 1 is 1.00 bits per heavy atom. The predicted octanol–water partition coefficient (Wildman–Crippen LogP) is 4.06. The molecule has 0 aliphatic carbocycles. The first-order chi connectivity index (χ1) is 13.6. The van der Waals surface area contributed by atoms with Crippen LogP contribution in [0.25, 0.3) is 5.69 Å². The molecule has 0 spiro atoms. The third kappa shape index (κ3) is 3.29. The minimum Gasteiger partial charge on any atom is -0.490 e. The van der Waals surface area contributed by atoms with Gasteiger partial charge in [0.15, 0.2) is 17.5 Å². The van der Waals surface area contributed by atoms with Crippen LogP contribution in [0.2, 0.25) is 0 Å². The molecule has 28 heavy (non-hydrogen) atoms. The number of nitrogens with two attached hydrogens (primary N) is 1. The van der Waals surface area contributed by atoms with Gasteiger partial charge in [0.05, 0.1) is 24.6 Å². The van der Waals surface area contributed by atoms with Gasteiger partial charge in [-0.2, -0.15) is 0 Å². The minimum absolute atomic E-state index is 0.258. The van der Waals surface area contributed by atoms with E-state index in [2.05, 4.69) is 72.4 Å². The Balaban J connectivity index is 1.83. The molecule has 1 aliphatic rings. The highest BCUT2D eigenvalue weighted by atomic mass is 16.5. The molecule has 1 atom stereocenters. The van der Waals surface area contributed by atoms with Crippen LogP contribution in [0.4, 0.5) is 0 Å². The van der Waals surface area contributed by atoms with Crippen molar-refractivity contribution in [2.45, 2.75) is 40.3 Å². The summed E-state index contributed by atoms with van der Waals surface area (Å²) in [5.41, 5.74) is 7.74. The van der Waals surface area contributed by atoms with Crippen molar-refractivity contribution in [2.24, 2.45) is 0 Å². The van der Waals surface area contributed by atoms with Gasteiger partial charge >= 0.3 is 0 Å². The Labute approximate surface area is 167 Å². The number of hydrogen-bond acceptors (Lipinski definition) is 2. The maximum absolute atomic E-state index is 5.88. The monoisotopic (exact) mass is 377 g/mol. The lowest BCUT2D eigenvalue weighted by Crippen LogP contribution is -2.83. The molecule has 4 rings (SSSR count). The van der Waals surface area contributed by atoms with Crippen molar-refractivity contribution in [1.82, 2.24) is 4.57 Å². The summed E-state index contributed by atoms with van der Waals surface area (Å²) >= 11 is 0. The van der Waals surface area contributed by atoms with Crippen molar-refractivity contribution in [3.05, 3.63) is 76.6 Å². The molecular weight excluding hydrogens is 348 g/mol. The van der Waals surface area contributed by atoms with E-state index >= 15 is 0 Å². The molecule has 2 aromatic carbocycles. The SMILES string of the molecule is CCOc1cc2c(cc1OCC)-n1cccc1[C@@H](c1ccc(C)cc1C)[NH2+]C2. The highest BCUT2D eigenvalue weighted by molar-refractivity contribution is 5.56. The van der Waals surface area contributed by atoms with E-state index in [-0.39, 0.29) is 6.04 Å². The average molecular weight is 378 g/mol. The quantitative estimate of drug-likeness (QED) is 0.728. The van der Waals surface area contributed by atoms with Crippen LogP contribution in [-0.2, 0) is 6.54 Å². The molecule has 0 bridgehead atoms. The van der Waals surface area contributed by atoms with Crippen LogP contribution in [0, 0.1) is 13.8 Å². The van der Waals surface area contributed by atoms with Gasteiger partial charge in [-0.05, 0) is 51.5 Å². The topological polar surface area (TPSA) is 40.0 Å². The second-order valence-electron chi connectivity index (χ2n) is 7.37. The van der Waals surface area contributed by atoms with Crippen LogP contribution in [0.5, 0.6) is 11.5 Å². The number of hydrogen-bond donors (Lipinski definition) is 1. The fourth-order valence-electron chi connectivity index (χ4n) is 4.21. The zero-order valence-electron chi connectivity index (χ0n) is 17.2. The number of quaternary nitrogens is 1. The zero-order valence-corrected chi connectivity index (χ0v) is 17.2. The van der Waals surface area contributed by atoms with E-state index in [1.807, 2.05) is 13.8 Å². The first kappa shape index (κ1) is 18.6. The Hall–Kier alpha value is -2.72. The summed E-state index contributed by atoms with van der Waals surface area (Å²) in [5.74, 6) is 1.64. The summed E-state index contributed by atoms with van der Waals surface area (Å²) in [4.78, 5) is 0. The highest BCUT2D eigenvalue weighted by Crippen LogP contribution is 2.36. The molecule has 0 amide bonds. The Morgan fingerprint density at radius 3 is 2.46 bits per heavy atom. The zero-order chi connectivity index (χ0) is 19.7. The summed E-state index contributed by atoms with van der Waals surface area (Å²) in [6.07, 6.45) is 2.15. The molecule has 0 radical (unpaired) electrons. The van der Waals surface area contributed by atoms with Crippen LogP contribution in [0.1, 0.15) is 47.8 Å². The van der Waals surface area contributed by atoms with Crippen LogP contribution < -0.4 is 14.8 Å². The van der Waals surface area contributed by atoms with Crippen LogP contribution >= 0.6 is 0 Å². The van der Waals surface area contributed by atoms with Crippen LogP contribution in [0.3, 0.4) is 0 Å². The van der Waals surface area contributed by atoms with Crippen molar-refractivity contribution in [2.75, 3.05) is 13.2 Å². The summed E-state index contributed by atoms with van der Waals surface area (Å²) in [6, 6.07) is 15.7. The third-order valence-corrected chi connectivity index (χ3v) is 5.44. The van der Waals surface area contributed by atoms with Crippen molar-refractivity contribution in [1.29, 1.82) is 0 Å². The van der Waals surface area contributed by atoms with Gasteiger partial charge in [-0.25, -0.2) is 0 Å². The Kier molecular flexibility index (Phi) is 5.14. The van der Waals surface area contributed by atoms with Gasteiger partial charge < -0.3 is 19.4 Å². The molecule has 3 aromatic rings. The summed E-state index contributed by atoms with van der Waals surface area (Å²) in [5, 5.41) is 2.42. The lowest BCUT2D eigenvalue weighted by Gasteiger charge is -2.17. The van der Waals surface area contributed by atoms with Gasteiger partial charge in [-0.15, -0.1) is 0 Å². The smallest absolute Gasteiger partial charge is 0.163 e. The predicted molar refractivity (Wildman–Crippen MR) is 111 cm³/mol. The number of rotatable bonds is 5. The fourth-order valence-corrected chi connectivity index (χ4v) is 4.21. The van der Waals surface area contributed by atoms with E-state index in [9.17, 15) is 0 Å². The van der Waals surface area contributed by atoms with Crippen molar-refractivity contribution in [3.8, 4) is 17.2 Å². The molecule has 0 saturated heterocycles. The van der Waals surface area contributed by atoms with Crippen molar-refractivity contribution < 1.29 is 14.8 Å². The highest BCUT2D eigenvalue weighted by Gasteiger charge is 2.28. The lowest BCUT2D eigenvalue weighted by atomic mass is 9.97. The van der Waals surface area contributed by atoms with Crippen molar-refractivity contribution in [3.63, 3.8) is 0 Å². The first-order valence-corrected chi connectivity index (χ1v) is 10.1. The number of ether oxygens (including phenoxy) is 2. The molecule has 2 N–H and O–H groups in total. The molecule has 0 fully saturated rings. The number of aryl methyl sites for hydroxylation is 2. The molecule has 1 aromatic heterocycles. The van der Waals surface area contributed by atoms with Crippen LogP contribution in [0.15, 0.2) is 48.7 Å². The molecule has 4 nitrogen and oxygen atoms in total. The molecular formula is C24H29N2O2+. The first-order valence-electron chi connectivity index (χ1n) is 10.1. The second kappa shape index (κ2) is 7.72. The van der Waals surface area contributed by atoms with Gasteiger partial charge in [-0.1, -0.05) is 23.8 Å². The Bertz CT molecular complexity index is 990. The van der Waals surface area contributed by atoms with E-state index in [1.54, 1.807) is 0 Å². The van der Waals surface area contributed by atoms with Crippen molar-refractivity contribution >= 4 is 0 Å². The molecule has 0 saturated carbocycles. The number of aromatic nitrogens is 1. The molecule has 0 unspecified atom stereocenters. The van der Waals surface area contributed by atoms with E-state index in [4.69, 9.17) is 9.47 Å². The van der Waals surface area contributed by atoms with E-state index in [1.165, 1.54) is 33.6 Å². The number of fused-ring (bicyclic) bond motifs is 3. The molecule has 1 aliphatic heterocycles. The van der Waals surface area contributed by atoms with Gasteiger partial charge in [0.25, 0.3) is 0 Å². The maximum atomic E-state index is 5.88. The van der Waals surface area contributed by atoms with E-state index < -0.39 is 0 Å². The van der Waals surface area contributed by atoms with Gasteiger partial charge in [0.2, 0.25) is 0 Å². The van der Waals surface area contributed by atoms with Gasteiger partial charge in [0.1, 0.15) is 6.54 Å². The standard InChI is InChI=1S/C24H28N2O2/c1-5-27-22-13-18-15-25-24(19-10-9-16(3)12-17(19)4)20-8-7-11-26(20)21(18)14-23(22)28-6-2/h7-14,24-25H,5-6,15H2,1-4H3/p+1/t24-/m1/s1. The number of nitrogens with zero attached hydrogens (tertiary/aromatic N) is 1. The molecule has 4 heteroatoms. The fraction of sp³-hybridized carbons (Fsp3) is 0.333. The number of benzene rings is 2. The summed E-state index contributed by atoms with van der Waals surface area (Å²) < 4.78 is 14.1. The van der Waals surface area contributed by atoms with Gasteiger partial charge in [0, 0.05) is 23.4 Å². The Morgan fingerprint density at radius 2 is 1.75 bits per heavy atom. The summed E-state index contributed by atoms with van der Waals surface area (Å²) in [6.45, 7) is 10.5.